The van der Waals surface area contributed by atoms with Crippen LogP contribution in [0.2, 0.25) is 0 Å². The Labute approximate surface area is 197 Å². The van der Waals surface area contributed by atoms with Crippen LogP contribution in [0.1, 0.15) is 62.3 Å². The topological polar surface area (TPSA) is 125 Å². The molecule has 0 fully saturated rings. The lowest BCUT2D eigenvalue weighted by atomic mass is 10.0. The van der Waals surface area contributed by atoms with E-state index in [2.05, 4.69) is 11.9 Å². The Morgan fingerprint density at radius 2 is 1.50 bits per heavy atom. The van der Waals surface area contributed by atoms with Gasteiger partial charge >= 0.3 is 11.9 Å². The molecular formula is C25H28N2O7. The van der Waals surface area contributed by atoms with Crippen LogP contribution in [0, 0.1) is 10.1 Å². The van der Waals surface area contributed by atoms with Gasteiger partial charge in [0.2, 0.25) is 0 Å². The summed E-state index contributed by atoms with van der Waals surface area (Å²) in [4.78, 5) is 48.5. The normalized spacial score (nSPS) is 11.4. The number of benzene rings is 2. The molecule has 0 atom stereocenters. The Bertz CT molecular complexity index is 1150. The summed E-state index contributed by atoms with van der Waals surface area (Å²) in [6.07, 6.45) is 0. The monoisotopic (exact) mass is 468 g/mol. The second-order valence-electron chi connectivity index (χ2n) is 9.47. The number of Topliss-reactive ketones (excluding diaryl/α,β-unsaturated/α-hetero) is 1. The van der Waals surface area contributed by atoms with Crippen molar-refractivity contribution in [2.45, 2.75) is 52.7 Å². The predicted octanol–water partition coefficient (Wildman–Crippen LogP) is 5.37. The van der Waals surface area contributed by atoms with Crippen LogP contribution >= 0.6 is 0 Å². The fourth-order valence-corrected chi connectivity index (χ4v) is 2.78. The van der Waals surface area contributed by atoms with Crippen LogP contribution < -0.4 is 5.32 Å². The number of carbonyl (C=O) groups excluding carboxylic acids is 3. The molecule has 9 heteroatoms. The van der Waals surface area contributed by atoms with Crippen molar-refractivity contribution in [1.82, 2.24) is 0 Å². The number of anilines is 2. The number of esters is 2. The van der Waals surface area contributed by atoms with Gasteiger partial charge in [-0.1, -0.05) is 18.7 Å². The van der Waals surface area contributed by atoms with Gasteiger partial charge in [0.25, 0.3) is 5.69 Å². The summed E-state index contributed by atoms with van der Waals surface area (Å²) in [7, 11) is 0. The summed E-state index contributed by atoms with van der Waals surface area (Å²) in [5.41, 5.74) is -2.02. The third-order valence-electron chi connectivity index (χ3n) is 4.19. The Morgan fingerprint density at radius 3 is 2.06 bits per heavy atom. The Hall–Kier alpha value is -4.01. The van der Waals surface area contributed by atoms with Crippen LogP contribution in [0.3, 0.4) is 0 Å². The first kappa shape index (κ1) is 26.2. The SMILES string of the molecule is C=C(C(=O)OC(C)(C)C)C(=O)c1ccc(Nc2ccccc2C(=O)OC(C)(C)C)c([N+](=O)[O-])c1. The maximum atomic E-state index is 12.7. The average molecular weight is 469 g/mol. The van der Waals surface area contributed by atoms with Crippen molar-refractivity contribution in [3.8, 4) is 0 Å². The number of nitrogens with one attached hydrogen (secondary N) is 1. The molecule has 0 saturated heterocycles. The first-order valence-corrected chi connectivity index (χ1v) is 10.4. The molecule has 0 amide bonds. The maximum absolute atomic E-state index is 12.7. The molecule has 2 aromatic rings. The fourth-order valence-electron chi connectivity index (χ4n) is 2.78. The molecule has 0 radical (unpaired) electrons. The first-order chi connectivity index (χ1) is 15.6. The number of hydrogen-bond donors (Lipinski definition) is 1. The quantitative estimate of drug-likeness (QED) is 0.109. The zero-order valence-electron chi connectivity index (χ0n) is 20.1. The molecule has 0 unspecified atom stereocenters. The van der Waals surface area contributed by atoms with Crippen molar-refractivity contribution in [2.24, 2.45) is 0 Å². The van der Waals surface area contributed by atoms with Gasteiger partial charge in [-0.05, 0) is 65.8 Å². The molecule has 180 valence electrons. The molecule has 9 nitrogen and oxygen atoms in total. The van der Waals surface area contributed by atoms with E-state index in [-0.39, 0.29) is 22.5 Å². The minimum absolute atomic E-state index is 0.0421. The van der Waals surface area contributed by atoms with Crippen molar-refractivity contribution < 1.29 is 28.8 Å². The molecule has 0 aliphatic heterocycles. The van der Waals surface area contributed by atoms with Gasteiger partial charge in [-0.15, -0.1) is 0 Å². The highest BCUT2D eigenvalue weighted by atomic mass is 16.6. The summed E-state index contributed by atoms with van der Waals surface area (Å²) >= 11 is 0. The van der Waals surface area contributed by atoms with E-state index in [1.54, 1.807) is 59.7 Å². The minimum Gasteiger partial charge on any atom is -0.456 e. The molecule has 0 saturated carbocycles. The molecule has 2 aromatic carbocycles. The van der Waals surface area contributed by atoms with Gasteiger partial charge < -0.3 is 14.8 Å². The van der Waals surface area contributed by atoms with E-state index in [1.807, 2.05) is 0 Å². The van der Waals surface area contributed by atoms with Crippen molar-refractivity contribution in [3.63, 3.8) is 0 Å². The molecule has 34 heavy (non-hydrogen) atoms. The summed E-state index contributed by atoms with van der Waals surface area (Å²) in [5, 5.41) is 14.6. The van der Waals surface area contributed by atoms with Gasteiger partial charge in [0.15, 0.2) is 5.78 Å². The van der Waals surface area contributed by atoms with E-state index in [0.717, 1.165) is 6.07 Å². The molecule has 0 bridgehead atoms. The Morgan fingerprint density at radius 1 is 0.912 bits per heavy atom. The zero-order chi connectivity index (χ0) is 25.8. The number of nitro groups is 1. The van der Waals surface area contributed by atoms with Gasteiger partial charge in [0.05, 0.1) is 16.2 Å². The number of ketones is 1. The molecule has 0 aromatic heterocycles. The van der Waals surface area contributed by atoms with Gasteiger partial charge in [0.1, 0.15) is 22.5 Å². The Balaban J connectivity index is 2.38. The van der Waals surface area contributed by atoms with Crippen LogP contribution in [0.5, 0.6) is 0 Å². The maximum Gasteiger partial charge on any atom is 0.342 e. The second-order valence-corrected chi connectivity index (χ2v) is 9.47. The smallest absolute Gasteiger partial charge is 0.342 e. The highest BCUT2D eigenvalue weighted by Gasteiger charge is 2.27. The van der Waals surface area contributed by atoms with E-state index >= 15 is 0 Å². The minimum atomic E-state index is -0.909. The van der Waals surface area contributed by atoms with Gasteiger partial charge in [-0.25, -0.2) is 9.59 Å². The average Bonchev–Trinajstić information content (AvgIpc) is 2.70. The van der Waals surface area contributed by atoms with Crippen molar-refractivity contribution >= 4 is 34.8 Å². The predicted molar refractivity (Wildman–Crippen MR) is 127 cm³/mol. The van der Waals surface area contributed by atoms with E-state index < -0.39 is 45.1 Å². The van der Waals surface area contributed by atoms with Crippen molar-refractivity contribution in [3.05, 3.63) is 75.9 Å². The van der Waals surface area contributed by atoms with Gasteiger partial charge in [-0.2, -0.15) is 0 Å². The fraction of sp³-hybridized carbons (Fsp3) is 0.320. The number of nitro benzene ring substituents is 1. The largest absolute Gasteiger partial charge is 0.456 e. The molecule has 0 aliphatic rings. The lowest BCUT2D eigenvalue weighted by molar-refractivity contribution is -0.383. The molecule has 2 rings (SSSR count). The van der Waals surface area contributed by atoms with E-state index in [1.165, 1.54) is 18.2 Å². The van der Waals surface area contributed by atoms with Crippen molar-refractivity contribution in [1.29, 1.82) is 0 Å². The lowest BCUT2D eigenvalue weighted by Gasteiger charge is -2.21. The molecular weight excluding hydrogens is 440 g/mol. The number of carbonyl (C=O) groups is 3. The third kappa shape index (κ3) is 6.99. The van der Waals surface area contributed by atoms with E-state index in [9.17, 15) is 24.5 Å². The van der Waals surface area contributed by atoms with E-state index in [4.69, 9.17) is 9.47 Å². The standard InChI is InChI=1S/C25H28N2O7/c1-15(22(29)33-24(2,3)4)21(28)16-12-13-19(20(14-16)27(31)32)26-18-11-9-8-10-17(18)23(30)34-25(5,6)7/h8-14,26H,1H2,2-7H3. The lowest BCUT2D eigenvalue weighted by Crippen LogP contribution is -2.27. The molecule has 0 spiro atoms. The first-order valence-electron chi connectivity index (χ1n) is 10.4. The summed E-state index contributed by atoms with van der Waals surface area (Å²) in [6, 6.07) is 10.1. The van der Waals surface area contributed by atoms with Crippen LogP contribution in [-0.2, 0) is 14.3 Å². The summed E-state index contributed by atoms with van der Waals surface area (Å²) in [5.74, 6) is -2.30. The summed E-state index contributed by atoms with van der Waals surface area (Å²) < 4.78 is 10.5. The molecule has 0 heterocycles. The van der Waals surface area contributed by atoms with Crippen LogP contribution in [-0.4, -0.2) is 33.8 Å². The number of hydrogen-bond acceptors (Lipinski definition) is 8. The van der Waals surface area contributed by atoms with Crippen LogP contribution in [0.15, 0.2) is 54.6 Å². The van der Waals surface area contributed by atoms with Gasteiger partial charge in [-0.3, -0.25) is 14.9 Å². The third-order valence-corrected chi connectivity index (χ3v) is 4.19. The number of nitrogens with zero attached hydrogens (tertiary/aromatic N) is 1. The van der Waals surface area contributed by atoms with Gasteiger partial charge in [0, 0.05) is 11.6 Å². The molecule has 0 aliphatic carbocycles. The van der Waals surface area contributed by atoms with Crippen LogP contribution in [0.4, 0.5) is 17.1 Å². The summed E-state index contributed by atoms with van der Waals surface area (Å²) in [6.45, 7) is 13.6. The van der Waals surface area contributed by atoms with E-state index in [0.29, 0.717) is 0 Å². The number of rotatable bonds is 7. The highest BCUT2D eigenvalue weighted by Crippen LogP contribution is 2.31. The highest BCUT2D eigenvalue weighted by molar-refractivity contribution is 6.24. The number of ether oxygens (including phenoxy) is 2. The molecule has 1 N–H and O–H groups in total. The Kier molecular flexibility index (Phi) is 7.61. The second kappa shape index (κ2) is 9.86. The number of para-hydroxylation sites is 1. The zero-order valence-corrected chi connectivity index (χ0v) is 20.1. The van der Waals surface area contributed by atoms with Crippen LogP contribution in [0.25, 0.3) is 0 Å². The van der Waals surface area contributed by atoms with Crippen molar-refractivity contribution in [2.75, 3.05) is 5.32 Å².